The Morgan fingerprint density at radius 1 is 1.46 bits per heavy atom. The zero-order chi connectivity index (χ0) is 10.5. The first-order chi connectivity index (χ1) is 5.77. The minimum Gasteiger partial charge on any atom is -0.318 e. The number of hydrogen-bond donors (Lipinski definition) is 1. The van der Waals surface area contributed by atoms with E-state index in [0.29, 0.717) is 24.0 Å². The average molecular weight is 206 g/mol. The summed E-state index contributed by atoms with van der Waals surface area (Å²) in [6.07, 6.45) is 5.56. The molecule has 0 spiro atoms. The highest BCUT2D eigenvalue weighted by atomic mass is 32.2. The number of quaternary nitrogens is 1. The summed E-state index contributed by atoms with van der Waals surface area (Å²) in [5, 5.41) is 0. The Hall–Kier alpha value is -0.570. The fourth-order valence-electron chi connectivity index (χ4n) is 1.00. The van der Waals surface area contributed by atoms with Gasteiger partial charge in [0.1, 0.15) is 6.54 Å². The Morgan fingerprint density at radius 2 is 2.00 bits per heavy atom. The molecule has 0 bridgehead atoms. The fourth-order valence-corrected chi connectivity index (χ4v) is 1.50. The van der Waals surface area contributed by atoms with Gasteiger partial charge in [-0.2, -0.15) is 8.42 Å². The van der Waals surface area contributed by atoms with Gasteiger partial charge in [0, 0.05) is 6.42 Å². The van der Waals surface area contributed by atoms with E-state index in [1.807, 2.05) is 14.1 Å². The Bertz CT molecular complexity index is 287. The zero-order valence-electron chi connectivity index (χ0n) is 8.02. The molecule has 76 valence electrons. The topological polar surface area (TPSA) is 54.4 Å². The van der Waals surface area contributed by atoms with Crippen LogP contribution in [-0.2, 0) is 10.1 Å². The summed E-state index contributed by atoms with van der Waals surface area (Å²) in [5.74, 6) is 2.32. The van der Waals surface area contributed by atoms with E-state index in [4.69, 9.17) is 11.0 Å². The van der Waals surface area contributed by atoms with Crippen molar-refractivity contribution >= 4 is 10.1 Å². The molecule has 0 fully saturated rings. The first kappa shape index (κ1) is 12.4. The first-order valence-corrected chi connectivity index (χ1v) is 5.58. The van der Waals surface area contributed by atoms with E-state index in [2.05, 4.69) is 5.92 Å². The second-order valence-corrected chi connectivity index (χ2v) is 5.23. The number of terminal acetylenes is 1. The summed E-state index contributed by atoms with van der Waals surface area (Å²) >= 11 is 0. The molecule has 0 unspecified atom stereocenters. The Morgan fingerprint density at radius 3 is 2.38 bits per heavy atom. The second kappa shape index (κ2) is 4.61. The Labute approximate surface area is 79.9 Å². The van der Waals surface area contributed by atoms with E-state index in [0.717, 1.165) is 0 Å². The summed E-state index contributed by atoms with van der Waals surface area (Å²) in [6, 6.07) is 0. The maximum atomic E-state index is 10.4. The van der Waals surface area contributed by atoms with E-state index >= 15 is 0 Å². The quantitative estimate of drug-likeness (QED) is 0.390. The van der Waals surface area contributed by atoms with Crippen LogP contribution in [0.5, 0.6) is 0 Å². The molecule has 1 N–H and O–H groups in total. The third kappa shape index (κ3) is 7.78. The molecule has 0 atom stereocenters. The van der Waals surface area contributed by atoms with Crippen molar-refractivity contribution in [1.82, 2.24) is 0 Å². The predicted octanol–water partition coefficient (Wildman–Crippen LogP) is -0.0261. The van der Waals surface area contributed by atoms with Crippen molar-refractivity contribution in [2.45, 2.75) is 6.42 Å². The molecule has 0 rings (SSSR count). The molecule has 0 aromatic rings. The standard InChI is InChI=1S/C8H15NO3S/c1-4-6-9(2,3)7-5-8-13(10,11)12/h1H,5-8H2,2-3H3/p+1. The third-order valence-electron chi connectivity index (χ3n) is 1.69. The van der Waals surface area contributed by atoms with Crippen molar-refractivity contribution in [2.75, 3.05) is 32.9 Å². The smallest absolute Gasteiger partial charge is 0.265 e. The van der Waals surface area contributed by atoms with Gasteiger partial charge >= 0.3 is 0 Å². The number of hydrogen-bond acceptors (Lipinski definition) is 2. The van der Waals surface area contributed by atoms with Crippen molar-refractivity contribution in [3.63, 3.8) is 0 Å². The molecule has 0 saturated heterocycles. The minimum atomic E-state index is -3.82. The van der Waals surface area contributed by atoms with Crippen LogP contribution < -0.4 is 0 Å². The minimum absolute atomic E-state index is 0.195. The lowest BCUT2D eigenvalue weighted by molar-refractivity contribution is -0.883. The molecule has 0 aromatic heterocycles. The second-order valence-electron chi connectivity index (χ2n) is 3.66. The highest BCUT2D eigenvalue weighted by molar-refractivity contribution is 7.85. The van der Waals surface area contributed by atoms with Crippen LogP contribution in [0.25, 0.3) is 0 Å². The molecule has 0 aliphatic rings. The molecule has 0 aliphatic heterocycles. The van der Waals surface area contributed by atoms with Gasteiger partial charge in [0.05, 0.1) is 26.4 Å². The molecule has 0 radical (unpaired) electrons. The van der Waals surface area contributed by atoms with Crippen LogP contribution in [-0.4, -0.2) is 50.4 Å². The lowest BCUT2D eigenvalue weighted by Crippen LogP contribution is -2.41. The molecule has 0 aliphatic carbocycles. The van der Waals surface area contributed by atoms with E-state index in [1.54, 1.807) is 0 Å². The van der Waals surface area contributed by atoms with Gasteiger partial charge in [-0.15, -0.1) is 6.42 Å². The van der Waals surface area contributed by atoms with E-state index in [1.165, 1.54) is 0 Å². The molecule has 0 heterocycles. The van der Waals surface area contributed by atoms with Gasteiger partial charge in [-0.1, -0.05) is 0 Å². The largest absolute Gasteiger partial charge is 0.318 e. The molecule has 13 heavy (non-hydrogen) atoms. The van der Waals surface area contributed by atoms with Crippen LogP contribution in [0, 0.1) is 12.3 Å². The van der Waals surface area contributed by atoms with E-state index < -0.39 is 10.1 Å². The number of rotatable bonds is 5. The first-order valence-electron chi connectivity index (χ1n) is 3.97. The fraction of sp³-hybridized carbons (Fsp3) is 0.750. The van der Waals surface area contributed by atoms with Gasteiger partial charge in [0.15, 0.2) is 0 Å². The van der Waals surface area contributed by atoms with Gasteiger partial charge < -0.3 is 4.48 Å². The van der Waals surface area contributed by atoms with E-state index in [-0.39, 0.29) is 5.75 Å². The Kier molecular flexibility index (Phi) is 4.40. The zero-order valence-corrected chi connectivity index (χ0v) is 8.84. The summed E-state index contributed by atoms with van der Waals surface area (Å²) in [4.78, 5) is 0. The van der Waals surface area contributed by atoms with Crippen LogP contribution in [0.15, 0.2) is 0 Å². The maximum Gasteiger partial charge on any atom is 0.265 e. The summed E-state index contributed by atoms with van der Waals surface area (Å²) in [5.41, 5.74) is 0. The molecular weight excluding hydrogens is 190 g/mol. The van der Waals surface area contributed by atoms with Crippen molar-refractivity contribution in [3.8, 4) is 12.3 Å². The molecule has 5 heteroatoms. The molecule has 0 saturated carbocycles. The van der Waals surface area contributed by atoms with Crippen molar-refractivity contribution in [3.05, 3.63) is 0 Å². The van der Waals surface area contributed by atoms with Gasteiger partial charge in [0.2, 0.25) is 0 Å². The normalized spacial score (nSPS) is 12.5. The summed E-state index contributed by atoms with van der Waals surface area (Å²) in [6.45, 7) is 1.20. The van der Waals surface area contributed by atoms with Crippen LogP contribution in [0.4, 0.5) is 0 Å². The van der Waals surface area contributed by atoms with Crippen LogP contribution >= 0.6 is 0 Å². The summed E-state index contributed by atoms with van der Waals surface area (Å²) < 4.78 is 29.8. The summed E-state index contributed by atoms with van der Waals surface area (Å²) in [7, 11) is 0.0178. The molecular formula is C8H16NO3S+. The molecule has 0 amide bonds. The van der Waals surface area contributed by atoms with Crippen molar-refractivity contribution < 1.29 is 17.5 Å². The van der Waals surface area contributed by atoms with E-state index in [9.17, 15) is 8.42 Å². The lowest BCUT2D eigenvalue weighted by atomic mass is 10.4. The average Bonchev–Trinajstić information content (AvgIpc) is 1.82. The molecule has 4 nitrogen and oxygen atoms in total. The third-order valence-corrected chi connectivity index (χ3v) is 2.49. The number of nitrogens with zero attached hydrogens (tertiary/aromatic N) is 1. The molecule has 0 aromatic carbocycles. The van der Waals surface area contributed by atoms with Crippen LogP contribution in [0.1, 0.15) is 6.42 Å². The SMILES string of the molecule is C#CC[N+](C)(C)CCCS(=O)(=O)O. The highest BCUT2D eigenvalue weighted by Crippen LogP contribution is 1.99. The van der Waals surface area contributed by atoms with Crippen LogP contribution in [0.3, 0.4) is 0 Å². The van der Waals surface area contributed by atoms with Crippen molar-refractivity contribution in [2.24, 2.45) is 0 Å². The maximum absolute atomic E-state index is 10.4. The van der Waals surface area contributed by atoms with Gasteiger partial charge in [-0.05, 0) is 5.92 Å². The van der Waals surface area contributed by atoms with Gasteiger partial charge in [0.25, 0.3) is 10.1 Å². The highest BCUT2D eigenvalue weighted by Gasteiger charge is 2.14. The Balaban J connectivity index is 3.84. The lowest BCUT2D eigenvalue weighted by Gasteiger charge is -2.26. The predicted molar refractivity (Wildman–Crippen MR) is 51.7 cm³/mol. The van der Waals surface area contributed by atoms with Gasteiger partial charge in [-0.3, -0.25) is 4.55 Å². The van der Waals surface area contributed by atoms with Crippen LogP contribution in [0.2, 0.25) is 0 Å². The monoisotopic (exact) mass is 206 g/mol. The van der Waals surface area contributed by atoms with Crippen molar-refractivity contribution in [1.29, 1.82) is 0 Å². The van der Waals surface area contributed by atoms with Gasteiger partial charge in [-0.25, -0.2) is 0 Å².